The van der Waals surface area contributed by atoms with E-state index < -0.39 is 23.5 Å². The van der Waals surface area contributed by atoms with Crippen LogP contribution in [0.3, 0.4) is 0 Å². The van der Waals surface area contributed by atoms with Crippen molar-refractivity contribution in [1.29, 1.82) is 0 Å². The molecule has 1 fully saturated rings. The first-order valence-electron chi connectivity index (χ1n) is 7.80. The van der Waals surface area contributed by atoms with Crippen molar-refractivity contribution in [3.05, 3.63) is 58.5 Å². The summed E-state index contributed by atoms with van der Waals surface area (Å²) in [6.07, 6.45) is 0.459. The number of aryl methyl sites for hydroxylation is 1. The molecule has 5 nitrogen and oxygen atoms in total. The van der Waals surface area contributed by atoms with Crippen LogP contribution in [-0.4, -0.2) is 28.9 Å². The highest BCUT2D eigenvalue weighted by Gasteiger charge is 2.46. The molecule has 1 aliphatic rings. The molecule has 1 saturated carbocycles. The van der Waals surface area contributed by atoms with Crippen LogP contribution in [-0.2, 0) is 11.3 Å². The van der Waals surface area contributed by atoms with Crippen LogP contribution in [0.1, 0.15) is 39.8 Å². The van der Waals surface area contributed by atoms with Gasteiger partial charge in [0.2, 0.25) is 5.91 Å². The van der Waals surface area contributed by atoms with Crippen molar-refractivity contribution in [2.75, 3.05) is 7.05 Å². The molecule has 3 rings (SSSR count). The molecule has 0 bridgehead atoms. The van der Waals surface area contributed by atoms with Crippen molar-refractivity contribution in [1.82, 2.24) is 4.90 Å². The number of amides is 1. The third-order valence-electron chi connectivity index (χ3n) is 4.43. The predicted molar refractivity (Wildman–Crippen MR) is 84.1 cm³/mol. The maximum Gasteiger partial charge on any atom is 0.339 e. The second-order valence-electron chi connectivity index (χ2n) is 6.30. The highest BCUT2D eigenvalue weighted by molar-refractivity contribution is 5.89. The lowest BCUT2D eigenvalue weighted by atomic mass is 10.1. The van der Waals surface area contributed by atoms with Gasteiger partial charge < -0.3 is 14.4 Å². The zero-order valence-corrected chi connectivity index (χ0v) is 13.8. The van der Waals surface area contributed by atoms with E-state index in [2.05, 4.69) is 0 Å². The molecule has 0 radical (unpaired) electrons. The Morgan fingerprint density at radius 1 is 1.32 bits per heavy atom. The number of hydrogen-bond acceptors (Lipinski definition) is 3. The standard InChI is InChI=1S/C18H17F2NO4/c1-9-12(18(23)24)6-11(25-9)8-21(2)17(22)15-7-13(15)14-5-10(19)3-4-16(14)20/h3-6,13,15H,7-8H2,1-2H3,(H,23,24)/t13-,15-/m1/s1. The fourth-order valence-corrected chi connectivity index (χ4v) is 3.04. The number of carboxylic acid groups (broad SMARTS) is 1. The Labute approximate surface area is 142 Å². The molecule has 25 heavy (non-hydrogen) atoms. The van der Waals surface area contributed by atoms with Gasteiger partial charge in [-0.3, -0.25) is 4.79 Å². The van der Waals surface area contributed by atoms with Crippen LogP contribution in [0, 0.1) is 24.5 Å². The van der Waals surface area contributed by atoms with Crippen LogP contribution >= 0.6 is 0 Å². The summed E-state index contributed by atoms with van der Waals surface area (Å²) in [4.78, 5) is 24.9. The van der Waals surface area contributed by atoms with Crippen molar-refractivity contribution in [2.45, 2.75) is 25.8 Å². The second kappa shape index (κ2) is 6.31. The smallest absolute Gasteiger partial charge is 0.339 e. The van der Waals surface area contributed by atoms with Gasteiger partial charge in [-0.15, -0.1) is 0 Å². The molecule has 2 aromatic rings. The number of carbonyl (C=O) groups excluding carboxylic acids is 1. The SMILES string of the molecule is Cc1oc(CN(C)C(=O)[C@@H]2C[C@@H]2c2cc(F)ccc2F)cc1C(=O)O. The Kier molecular flexibility index (Phi) is 4.32. The molecule has 132 valence electrons. The van der Waals surface area contributed by atoms with Crippen molar-refractivity contribution in [3.63, 3.8) is 0 Å². The van der Waals surface area contributed by atoms with Crippen LogP contribution in [0.4, 0.5) is 8.78 Å². The fourth-order valence-electron chi connectivity index (χ4n) is 3.04. The number of carboxylic acids is 1. The number of aromatic carboxylic acids is 1. The largest absolute Gasteiger partial charge is 0.478 e. The van der Waals surface area contributed by atoms with E-state index >= 15 is 0 Å². The summed E-state index contributed by atoms with van der Waals surface area (Å²) >= 11 is 0. The summed E-state index contributed by atoms with van der Waals surface area (Å²) in [6.45, 7) is 1.65. The van der Waals surface area contributed by atoms with Crippen molar-refractivity contribution >= 4 is 11.9 Å². The highest BCUT2D eigenvalue weighted by Crippen LogP contribution is 2.49. The monoisotopic (exact) mass is 349 g/mol. The predicted octanol–water partition coefficient (Wildman–Crippen LogP) is 3.33. The molecule has 0 unspecified atom stereocenters. The van der Waals surface area contributed by atoms with E-state index in [0.717, 1.165) is 18.2 Å². The summed E-state index contributed by atoms with van der Waals surface area (Å²) in [5.41, 5.74) is 0.274. The van der Waals surface area contributed by atoms with E-state index in [1.54, 1.807) is 14.0 Å². The second-order valence-corrected chi connectivity index (χ2v) is 6.30. The molecule has 1 aromatic carbocycles. The van der Waals surface area contributed by atoms with Gasteiger partial charge >= 0.3 is 5.97 Å². The number of rotatable bonds is 5. The van der Waals surface area contributed by atoms with Crippen LogP contribution < -0.4 is 0 Å². The van der Waals surface area contributed by atoms with Gasteiger partial charge in [0.05, 0.1) is 6.54 Å². The van der Waals surface area contributed by atoms with E-state index in [9.17, 15) is 18.4 Å². The number of hydrogen-bond donors (Lipinski definition) is 1. The first-order chi connectivity index (χ1) is 11.8. The number of carbonyl (C=O) groups is 2. The first-order valence-corrected chi connectivity index (χ1v) is 7.80. The minimum absolute atomic E-state index is 0.0574. The quantitative estimate of drug-likeness (QED) is 0.899. The molecule has 0 aliphatic heterocycles. The highest BCUT2D eigenvalue weighted by atomic mass is 19.1. The number of halogens is 2. The van der Waals surface area contributed by atoms with Crippen molar-refractivity contribution in [3.8, 4) is 0 Å². The van der Waals surface area contributed by atoms with Crippen LogP contribution in [0.2, 0.25) is 0 Å². The number of benzene rings is 1. The lowest BCUT2D eigenvalue weighted by Crippen LogP contribution is -2.27. The zero-order chi connectivity index (χ0) is 18.3. The minimum atomic E-state index is -1.09. The Balaban J connectivity index is 1.67. The Hall–Kier alpha value is -2.70. The molecule has 2 atom stereocenters. The van der Waals surface area contributed by atoms with Crippen LogP contribution in [0.5, 0.6) is 0 Å². The molecule has 7 heteroatoms. The Bertz CT molecular complexity index is 846. The molecule has 1 N–H and O–H groups in total. The molecule has 0 spiro atoms. The summed E-state index contributed by atoms with van der Waals surface area (Å²) < 4.78 is 32.5. The normalized spacial score (nSPS) is 18.9. The minimum Gasteiger partial charge on any atom is -0.478 e. The summed E-state index contributed by atoms with van der Waals surface area (Å²) in [6, 6.07) is 4.62. The number of nitrogens with zero attached hydrogens (tertiary/aromatic N) is 1. The van der Waals surface area contributed by atoms with Gasteiger partial charge in [0.1, 0.15) is 28.7 Å². The summed E-state index contributed by atoms with van der Waals surface area (Å²) in [7, 11) is 1.57. The van der Waals surface area contributed by atoms with Gasteiger partial charge in [-0.25, -0.2) is 13.6 Å². The van der Waals surface area contributed by atoms with Gasteiger partial charge in [0.15, 0.2) is 0 Å². The van der Waals surface area contributed by atoms with E-state index in [1.165, 1.54) is 11.0 Å². The fraction of sp³-hybridized carbons (Fsp3) is 0.333. The molecule has 1 aromatic heterocycles. The lowest BCUT2D eigenvalue weighted by molar-refractivity contribution is -0.132. The maximum absolute atomic E-state index is 13.8. The first kappa shape index (κ1) is 17.1. The van der Waals surface area contributed by atoms with Crippen molar-refractivity contribution < 1.29 is 27.9 Å². The van der Waals surface area contributed by atoms with Gasteiger partial charge in [-0.1, -0.05) is 0 Å². The van der Waals surface area contributed by atoms with E-state index in [-0.39, 0.29) is 35.3 Å². The van der Waals surface area contributed by atoms with Crippen LogP contribution in [0.25, 0.3) is 0 Å². The summed E-state index contributed by atoms with van der Waals surface area (Å²) in [5, 5.41) is 9.02. The molecular weight excluding hydrogens is 332 g/mol. The van der Waals surface area contributed by atoms with Gasteiger partial charge in [-0.05, 0) is 49.1 Å². The van der Waals surface area contributed by atoms with E-state index in [1.807, 2.05) is 0 Å². The van der Waals surface area contributed by atoms with Gasteiger partial charge in [-0.2, -0.15) is 0 Å². The average Bonchev–Trinajstić information content (AvgIpc) is 3.25. The van der Waals surface area contributed by atoms with Gasteiger partial charge in [0, 0.05) is 13.0 Å². The maximum atomic E-state index is 13.8. The van der Waals surface area contributed by atoms with Crippen molar-refractivity contribution in [2.24, 2.45) is 5.92 Å². The summed E-state index contributed by atoms with van der Waals surface area (Å²) in [5.74, 6) is -2.46. The molecule has 0 saturated heterocycles. The van der Waals surface area contributed by atoms with Gasteiger partial charge in [0.25, 0.3) is 0 Å². The zero-order valence-electron chi connectivity index (χ0n) is 13.8. The number of furan rings is 1. The lowest BCUT2D eigenvalue weighted by Gasteiger charge is -2.16. The third kappa shape index (κ3) is 3.40. The topological polar surface area (TPSA) is 70.8 Å². The van der Waals surface area contributed by atoms with E-state index in [4.69, 9.17) is 9.52 Å². The molecule has 1 aliphatic carbocycles. The molecule has 1 heterocycles. The average molecular weight is 349 g/mol. The third-order valence-corrected chi connectivity index (χ3v) is 4.43. The molecule has 1 amide bonds. The Morgan fingerprint density at radius 3 is 2.68 bits per heavy atom. The molecular formula is C18H17F2NO4. The van der Waals surface area contributed by atoms with E-state index in [0.29, 0.717) is 12.2 Å². The van der Waals surface area contributed by atoms with Crippen LogP contribution in [0.15, 0.2) is 28.7 Å². The Morgan fingerprint density at radius 2 is 2.04 bits per heavy atom.